The molecule has 0 bridgehead atoms. The molecule has 0 radical (unpaired) electrons. The molecule has 0 amide bonds. The molecule has 1 aliphatic heterocycles. The standard InChI is InChI=1S/C20H22ClN3O3S2/c21-19-7-8-20(28-19)29(25,26)22-17-5-3-16(4-6-17)14-23-9-11-24(12-10-23)15-18-2-1-13-27-18/h1-8,13,22H,9-12,14-15H2. The van der Waals surface area contributed by atoms with Crippen molar-refractivity contribution in [3.05, 3.63) is 70.5 Å². The number of hydrogen-bond donors (Lipinski definition) is 1. The molecule has 1 N–H and O–H groups in total. The summed E-state index contributed by atoms with van der Waals surface area (Å²) >= 11 is 6.88. The van der Waals surface area contributed by atoms with Gasteiger partial charge in [0, 0.05) is 38.4 Å². The average Bonchev–Trinajstić information content (AvgIpc) is 3.37. The second-order valence-electron chi connectivity index (χ2n) is 6.99. The highest BCUT2D eigenvalue weighted by Crippen LogP contribution is 2.27. The van der Waals surface area contributed by atoms with E-state index in [2.05, 4.69) is 14.5 Å². The third-order valence-electron chi connectivity index (χ3n) is 4.85. The van der Waals surface area contributed by atoms with Gasteiger partial charge in [0.15, 0.2) is 0 Å². The molecule has 9 heteroatoms. The Hall–Kier alpha value is -1.84. The van der Waals surface area contributed by atoms with Crippen LogP contribution in [-0.4, -0.2) is 44.4 Å². The molecule has 4 rings (SSSR count). The van der Waals surface area contributed by atoms with Gasteiger partial charge in [-0.15, -0.1) is 11.3 Å². The second kappa shape index (κ2) is 8.89. The largest absolute Gasteiger partial charge is 0.468 e. The Bertz CT molecular complexity index is 1030. The molecule has 1 aliphatic rings. The Kier molecular flexibility index (Phi) is 6.26. The zero-order valence-electron chi connectivity index (χ0n) is 15.8. The Labute approximate surface area is 179 Å². The van der Waals surface area contributed by atoms with Gasteiger partial charge in [-0.1, -0.05) is 23.7 Å². The Morgan fingerprint density at radius 1 is 0.966 bits per heavy atom. The normalized spacial score (nSPS) is 16.2. The van der Waals surface area contributed by atoms with E-state index in [1.165, 1.54) is 6.07 Å². The van der Waals surface area contributed by atoms with Gasteiger partial charge < -0.3 is 4.42 Å². The molecule has 3 heterocycles. The van der Waals surface area contributed by atoms with E-state index in [1.54, 1.807) is 24.5 Å². The van der Waals surface area contributed by atoms with Gasteiger partial charge in [0.05, 0.1) is 17.1 Å². The zero-order chi connectivity index (χ0) is 20.3. The lowest BCUT2D eigenvalue weighted by Gasteiger charge is -2.34. The number of rotatable bonds is 7. The first-order chi connectivity index (χ1) is 14.0. The van der Waals surface area contributed by atoms with Crippen molar-refractivity contribution in [3.8, 4) is 0 Å². The summed E-state index contributed by atoms with van der Waals surface area (Å²) in [6.07, 6.45) is 1.71. The third-order valence-corrected chi connectivity index (χ3v) is 7.95. The predicted molar refractivity (Wildman–Crippen MR) is 116 cm³/mol. The Balaban J connectivity index is 1.29. The highest BCUT2D eigenvalue weighted by atomic mass is 35.5. The van der Waals surface area contributed by atoms with Crippen molar-refractivity contribution in [1.29, 1.82) is 0 Å². The molecule has 29 heavy (non-hydrogen) atoms. The minimum Gasteiger partial charge on any atom is -0.468 e. The maximum Gasteiger partial charge on any atom is 0.271 e. The summed E-state index contributed by atoms with van der Waals surface area (Å²) < 4.78 is 33.4. The van der Waals surface area contributed by atoms with Crippen molar-refractivity contribution < 1.29 is 12.8 Å². The van der Waals surface area contributed by atoms with Crippen LogP contribution in [0.4, 0.5) is 5.69 Å². The van der Waals surface area contributed by atoms with Crippen molar-refractivity contribution in [2.45, 2.75) is 17.3 Å². The highest BCUT2D eigenvalue weighted by Gasteiger charge is 2.19. The van der Waals surface area contributed by atoms with Crippen LogP contribution in [0.5, 0.6) is 0 Å². The monoisotopic (exact) mass is 451 g/mol. The smallest absolute Gasteiger partial charge is 0.271 e. The number of nitrogens with one attached hydrogen (secondary N) is 1. The van der Waals surface area contributed by atoms with E-state index in [4.69, 9.17) is 16.0 Å². The van der Waals surface area contributed by atoms with E-state index >= 15 is 0 Å². The van der Waals surface area contributed by atoms with Crippen molar-refractivity contribution in [2.75, 3.05) is 30.9 Å². The fourth-order valence-corrected chi connectivity index (χ4v) is 5.85. The fraction of sp³-hybridized carbons (Fsp3) is 0.300. The average molecular weight is 452 g/mol. The van der Waals surface area contributed by atoms with E-state index in [0.29, 0.717) is 10.0 Å². The minimum absolute atomic E-state index is 0.207. The molecular weight excluding hydrogens is 430 g/mol. The molecular formula is C20H22ClN3O3S2. The molecule has 0 spiro atoms. The molecule has 1 fully saturated rings. The fourth-order valence-electron chi connectivity index (χ4n) is 3.31. The van der Waals surface area contributed by atoms with Crippen molar-refractivity contribution in [1.82, 2.24) is 9.80 Å². The lowest BCUT2D eigenvalue weighted by Crippen LogP contribution is -2.45. The SMILES string of the molecule is O=S(=O)(Nc1ccc(CN2CCN(Cc3ccco3)CC2)cc1)c1ccc(Cl)s1. The number of halogens is 1. The predicted octanol–water partition coefficient (Wildman–Crippen LogP) is 4.11. The summed E-state index contributed by atoms with van der Waals surface area (Å²) in [6.45, 7) is 5.69. The number of hydrogen-bond acceptors (Lipinski definition) is 6. The highest BCUT2D eigenvalue weighted by molar-refractivity contribution is 7.94. The Morgan fingerprint density at radius 3 is 2.24 bits per heavy atom. The lowest BCUT2D eigenvalue weighted by atomic mass is 10.2. The van der Waals surface area contributed by atoms with Crippen LogP contribution in [0.25, 0.3) is 0 Å². The quantitative estimate of drug-likeness (QED) is 0.585. The van der Waals surface area contributed by atoms with Crippen LogP contribution in [0, 0.1) is 0 Å². The molecule has 1 aromatic carbocycles. The number of benzene rings is 1. The molecule has 3 aromatic rings. The molecule has 6 nitrogen and oxygen atoms in total. The van der Waals surface area contributed by atoms with Crippen molar-refractivity contribution in [2.24, 2.45) is 0 Å². The minimum atomic E-state index is -3.60. The number of anilines is 1. The van der Waals surface area contributed by atoms with Crippen LogP contribution in [0.2, 0.25) is 4.34 Å². The summed E-state index contributed by atoms with van der Waals surface area (Å²) in [4.78, 5) is 4.80. The van der Waals surface area contributed by atoms with Crippen molar-refractivity contribution in [3.63, 3.8) is 0 Å². The van der Waals surface area contributed by atoms with Crippen molar-refractivity contribution >= 4 is 38.6 Å². The Morgan fingerprint density at radius 2 is 1.66 bits per heavy atom. The summed E-state index contributed by atoms with van der Waals surface area (Å²) in [5.41, 5.74) is 1.70. The molecule has 2 aromatic heterocycles. The van der Waals surface area contributed by atoms with Gasteiger partial charge in [0.1, 0.15) is 9.97 Å². The number of sulfonamides is 1. The number of thiophene rings is 1. The maximum atomic E-state index is 12.4. The molecule has 154 valence electrons. The summed E-state index contributed by atoms with van der Waals surface area (Å²) in [5, 5.41) is 0. The topological polar surface area (TPSA) is 65.8 Å². The van der Waals surface area contributed by atoms with Gasteiger partial charge in [-0.3, -0.25) is 14.5 Å². The van der Waals surface area contributed by atoms with E-state index in [-0.39, 0.29) is 4.21 Å². The van der Waals surface area contributed by atoms with Crippen LogP contribution in [-0.2, 0) is 23.1 Å². The first-order valence-electron chi connectivity index (χ1n) is 9.32. The van der Waals surface area contributed by atoms with Gasteiger partial charge in [-0.25, -0.2) is 8.42 Å². The molecule has 0 atom stereocenters. The molecule has 0 saturated carbocycles. The van der Waals surface area contributed by atoms with E-state index < -0.39 is 10.0 Å². The van der Waals surface area contributed by atoms with E-state index in [1.807, 2.05) is 24.3 Å². The van der Waals surface area contributed by atoms with Gasteiger partial charge >= 0.3 is 0 Å². The van der Waals surface area contributed by atoms with Crippen LogP contribution >= 0.6 is 22.9 Å². The molecule has 0 aliphatic carbocycles. The van der Waals surface area contributed by atoms with Gasteiger partial charge in [0.2, 0.25) is 0 Å². The summed E-state index contributed by atoms with van der Waals surface area (Å²) in [7, 11) is -3.60. The third kappa shape index (κ3) is 5.40. The number of furan rings is 1. The lowest BCUT2D eigenvalue weighted by molar-refractivity contribution is 0.116. The number of piperazine rings is 1. The second-order valence-corrected chi connectivity index (χ2v) is 10.6. The summed E-state index contributed by atoms with van der Waals surface area (Å²) in [5.74, 6) is 1.00. The van der Waals surface area contributed by atoms with Crippen LogP contribution in [0.15, 0.2) is 63.4 Å². The van der Waals surface area contributed by atoms with E-state index in [0.717, 1.165) is 61.9 Å². The first kappa shape index (κ1) is 20.4. The summed E-state index contributed by atoms with van der Waals surface area (Å²) in [6, 6.07) is 14.6. The van der Waals surface area contributed by atoms with Crippen LogP contribution in [0.3, 0.4) is 0 Å². The molecule has 0 unspecified atom stereocenters. The van der Waals surface area contributed by atoms with E-state index in [9.17, 15) is 8.42 Å². The molecule has 1 saturated heterocycles. The van der Waals surface area contributed by atoms with Gasteiger partial charge in [0.25, 0.3) is 10.0 Å². The first-order valence-corrected chi connectivity index (χ1v) is 12.0. The van der Waals surface area contributed by atoms with Gasteiger partial charge in [-0.05, 0) is 42.0 Å². The maximum absolute atomic E-state index is 12.4. The number of nitrogens with zero attached hydrogens (tertiary/aromatic N) is 2. The zero-order valence-corrected chi connectivity index (χ0v) is 18.1. The van der Waals surface area contributed by atoms with Gasteiger partial charge in [-0.2, -0.15) is 0 Å². The van der Waals surface area contributed by atoms with Crippen LogP contribution in [0.1, 0.15) is 11.3 Å². The van der Waals surface area contributed by atoms with Crippen LogP contribution < -0.4 is 4.72 Å².